The van der Waals surface area contributed by atoms with Crippen LogP contribution in [-0.2, 0) is 9.47 Å². The van der Waals surface area contributed by atoms with Crippen LogP contribution in [0.3, 0.4) is 0 Å². The lowest BCUT2D eigenvalue weighted by Gasteiger charge is -2.23. The van der Waals surface area contributed by atoms with Gasteiger partial charge in [0, 0.05) is 12.6 Å². The predicted octanol–water partition coefficient (Wildman–Crippen LogP) is 2.66. The molecular weight excluding hydrogens is 233 g/mol. The molecule has 0 radical (unpaired) electrons. The quantitative estimate of drug-likeness (QED) is 0.726. The summed E-state index contributed by atoms with van der Waals surface area (Å²) < 4.78 is 23.9. The molecule has 2 N–H and O–H groups in total. The Morgan fingerprint density at radius 1 is 1.17 bits per heavy atom. The Bertz CT molecular complexity index is 329. The predicted molar refractivity (Wildman–Crippen MR) is 69.9 cm³/mol. The van der Waals surface area contributed by atoms with Crippen molar-refractivity contribution in [2.24, 2.45) is 5.73 Å². The van der Waals surface area contributed by atoms with Crippen molar-refractivity contribution < 1.29 is 13.9 Å². The van der Waals surface area contributed by atoms with Gasteiger partial charge in [0.05, 0.1) is 19.3 Å². The molecule has 0 fully saturated rings. The highest BCUT2D eigenvalue weighted by atomic mass is 19.1. The van der Waals surface area contributed by atoms with E-state index in [1.807, 2.05) is 13.8 Å². The maximum absolute atomic E-state index is 12.9. The molecule has 0 aliphatic heterocycles. The zero-order chi connectivity index (χ0) is 13.4. The molecule has 0 bridgehead atoms. The molecule has 2 unspecified atom stereocenters. The minimum absolute atomic E-state index is 0.0999. The molecule has 18 heavy (non-hydrogen) atoms. The van der Waals surface area contributed by atoms with Gasteiger partial charge >= 0.3 is 0 Å². The van der Waals surface area contributed by atoms with Crippen molar-refractivity contribution in [1.82, 2.24) is 0 Å². The highest BCUT2D eigenvalue weighted by molar-refractivity contribution is 5.20. The first-order valence-electron chi connectivity index (χ1n) is 6.39. The van der Waals surface area contributed by atoms with Crippen molar-refractivity contribution in [1.29, 1.82) is 0 Å². The molecule has 4 heteroatoms. The highest BCUT2D eigenvalue weighted by Crippen LogP contribution is 2.22. The number of hydrogen-bond donors (Lipinski definition) is 1. The molecule has 2 atom stereocenters. The minimum atomic E-state index is -0.253. The first-order chi connectivity index (χ1) is 8.69. The Kier molecular flexibility index (Phi) is 6.86. The first-order valence-corrected chi connectivity index (χ1v) is 6.39. The van der Waals surface area contributed by atoms with Gasteiger partial charge in [0.25, 0.3) is 0 Å². The molecule has 1 rings (SSSR count). The summed E-state index contributed by atoms with van der Waals surface area (Å²) in [5, 5.41) is 0. The third-order valence-electron chi connectivity index (χ3n) is 2.79. The zero-order valence-corrected chi connectivity index (χ0v) is 11.1. The smallest absolute Gasteiger partial charge is 0.123 e. The highest BCUT2D eigenvalue weighted by Gasteiger charge is 2.19. The summed E-state index contributed by atoms with van der Waals surface area (Å²) in [5.41, 5.74) is 6.95. The van der Waals surface area contributed by atoms with Gasteiger partial charge in [0.1, 0.15) is 5.82 Å². The Morgan fingerprint density at radius 3 is 2.39 bits per heavy atom. The molecule has 0 aliphatic carbocycles. The van der Waals surface area contributed by atoms with Crippen molar-refractivity contribution in [3.05, 3.63) is 35.6 Å². The molecule has 3 nitrogen and oxygen atoms in total. The van der Waals surface area contributed by atoms with Gasteiger partial charge < -0.3 is 15.2 Å². The van der Waals surface area contributed by atoms with Crippen molar-refractivity contribution >= 4 is 0 Å². The van der Waals surface area contributed by atoms with E-state index in [1.54, 1.807) is 12.1 Å². The van der Waals surface area contributed by atoms with Gasteiger partial charge in [0.15, 0.2) is 0 Å². The van der Waals surface area contributed by atoms with Crippen LogP contribution < -0.4 is 5.73 Å². The minimum Gasteiger partial charge on any atom is -0.379 e. The van der Waals surface area contributed by atoms with E-state index >= 15 is 0 Å². The number of nitrogens with two attached hydrogens (primary N) is 1. The van der Waals surface area contributed by atoms with Crippen LogP contribution in [0.4, 0.5) is 4.39 Å². The Hall–Kier alpha value is -0.970. The zero-order valence-electron chi connectivity index (χ0n) is 11.1. The molecule has 0 amide bonds. The molecular formula is C14H22FNO2. The fourth-order valence-corrected chi connectivity index (χ4v) is 1.71. The Morgan fingerprint density at radius 2 is 1.83 bits per heavy atom. The van der Waals surface area contributed by atoms with Gasteiger partial charge in [-0.25, -0.2) is 4.39 Å². The summed E-state index contributed by atoms with van der Waals surface area (Å²) in [6.45, 7) is 5.65. The van der Waals surface area contributed by atoms with Crippen LogP contribution in [-0.4, -0.2) is 25.9 Å². The van der Waals surface area contributed by atoms with Gasteiger partial charge in [-0.2, -0.15) is 0 Å². The van der Waals surface area contributed by atoms with E-state index in [0.29, 0.717) is 19.8 Å². The molecule has 0 heterocycles. The fraction of sp³-hybridized carbons (Fsp3) is 0.571. The molecule has 0 aromatic heterocycles. The lowest BCUT2D eigenvalue weighted by Crippen LogP contribution is -2.30. The SMILES string of the molecule is CCOCCOC(c1ccc(F)cc1)C(N)CC. The molecule has 0 saturated heterocycles. The summed E-state index contributed by atoms with van der Waals surface area (Å²) in [4.78, 5) is 0. The van der Waals surface area contributed by atoms with E-state index in [9.17, 15) is 4.39 Å². The van der Waals surface area contributed by atoms with Crippen LogP contribution in [0.2, 0.25) is 0 Å². The van der Waals surface area contributed by atoms with Crippen molar-refractivity contribution in [2.75, 3.05) is 19.8 Å². The topological polar surface area (TPSA) is 44.5 Å². The summed E-state index contributed by atoms with van der Waals surface area (Å²) >= 11 is 0. The van der Waals surface area contributed by atoms with Crippen LogP contribution in [0.15, 0.2) is 24.3 Å². The number of benzene rings is 1. The molecule has 102 valence electrons. The summed E-state index contributed by atoms with van der Waals surface area (Å²) in [7, 11) is 0. The van der Waals surface area contributed by atoms with Crippen LogP contribution in [0.25, 0.3) is 0 Å². The number of ether oxygens (including phenoxy) is 2. The standard InChI is InChI=1S/C14H22FNO2/c1-3-13(16)14(18-10-9-17-4-2)11-5-7-12(15)8-6-11/h5-8,13-14H,3-4,9-10,16H2,1-2H3. The lowest BCUT2D eigenvalue weighted by atomic mass is 10.0. The average molecular weight is 255 g/mol. The second kappa shape index (κ2) is 8.19. The van der Waals surface area contributed by atoms with Gasteiger partial charge in [0.2, 0.25) is 0 Å². The van der Waals surface area contributed by atoms with Gasteiger partial charge in [-0.15, -0.1) is 0 Å². The number of halogens is 1. The fourth-order valence-electron chi connectivity index (χ4n) is 1.71. The molecule has 1 aromatic rings. The summed E-state index contributed by atoms with van der Waals surface area (Å²) in [5.74, 6) is -0.253. The van der Waals surface area contributed by atoms with Crippen LogP contribution in [0, 0.1) is 5.82 Å². The monoisotopic (exact) mass is 255 g/mol. The Balaban J connectivity index is 2.63. The normalized spacial score (nSPS) is 14.4. The number of rotatable bonds is 8. The second-order valence-electron chi connectivity index (χ2n) is 4.11. The van der Waals surface area contributed by atoms with Crippen LogP contribution in [0.1, 0.15) is 31.9 Å². The Labute approximate surface area is 108 Å². The van der Waals surface area contributed by atoms with Gasteiger partial charge in [-0.3, -0.25) is 0 Å². The third kappa shape index (κ3) is 4.72. The van der Waals surface area contributed by atoms with Crippen molar-refractivity contribution in [3.63, 3.8) is 0 Å². The van der Waals surface area contributed by atoms with E-state index < -0.39 is 0 Å². The summed E-state index contributed by atoms with van der Waals surface area (Å²) in [6.07, 6.45) is 0.590. The van der Waals surface area contributed by atoms with E-state index in [4.69, 9.17) is 15.2 Å². The molecule has 0 aliphatic rings. The number of hydrogen-bond acceptors (Lipinski definition) is 3. The lowest BCUT2D eigenvalue weighted by molar-refractivity contribution is -0.00551. The molecule has 0 saturated carbocycles. The van der Waals surface area contributed by atoms with Crippen molar-refractivity contribution in [2.45, 2.75) is 32.4 Å². The summed E-state index contributed by atoms with van der Waals surface area (Å²) in [6, 6.07) is 6.19. The molecule has 0 spiro atoms. The van der Waals surface area contributed by atoms with E-state index in [1.165, 1.54) is 12.1 Å². The van der Waals surface area contributed by atoms with Gasteiger partial charge in [-0.1, -0.05) is 19.1 Å². The average Bonchev–Trinajstić information content (AvgIpc) is 2.39. The van der Waals surface area contributed by atoms with E-state index in [2.05, 4.69) is 0 Å². The van der Waals surface area contributed by atoms with Crippen molar-refractivity contribution in [3.8, 4) is 0 Å². The maximum atomic E-state index is 12.9. The first kappa shape index (κ1) is 15.1. The van der Waals surface area contributed by atoms with E-state index in [0.717, 1.165) is 12.0 Å². The van der Waals surface area contributed by atoms with Crippen LogP contribution in [0.5, 0.6) is 0 Å². The maximum Gasteiger partial charge on any atom is 0.123 e. The molecule has 1 aromatic carbocycles. The van der Waals surface area contributed by atoms with Crippen LogP contribution >= 0.6 is 0 Å². The largest absolute Gasteiger partial charge is 0.379 e. The van der Waals surface area contributed by atoms with E-state index in [-0.39, 0.29) is 18.0 Å². The third-order valence-corrected chi connectivity index (χ3v) is 2.79. The van der Waals surface area contributed by atoms with Gasteiger partial charge in [-0.05, 0) is 31.0 Å². The second-order valence-corrected chi connectivity index (χ2v) is 4.11.